The van der Waals surface area contributed by atoms with Crippen LogP contribution in [0.15, 0.2) is 59.5 Å². The van der Waals surface area contributed by atoms with Crippen LogP contribution in [0.1, 0.15) is 18.5 Å². The lowest BCUT2D eigenvalue weighted by Gasteiger charge is -2.35. The Labute approximate surface area is 177 Å². The quantitative estimate of drug-likeness (QED) is 0.692. The highest BCUT2D eigenvalue weighted by Gasteiger charge is 2.23. The van der Waals surface area contributed by atoms with Gasteiger partial charge in [-0.05, 0) is 43.8 Å². The molecular weight excluding hydrogens is 390 g/mol. The van der Waals surface area contributed by atoms with Crippen molar-refractivity contribution >= 4 is 29.3 Å². The Morgan fingerprint density at radius 2 is 1.71 bits per heavy atom. The fourth-order valence-corrected chi connectivity index (χ4v) is 4.27. The minimum absolute atomic E-state index is 0.00891. The number of carbonyl (C=O) groups excluding carboxylic acids is 1. The molecule has 2 aromatic carbocycles. The van der Waals surface area contributed by atoms with E-state index >= 15 is 0 Å². The van der Waals surface area contributed by atoms with Gasteiger partial charge in [0.15, 0.2) is 0 Å². The van der Waals surface area contributed by atoms with E-state index in [1.165, 1.54) is 0 Å². The first kappa shape index (κ1) is 21.2. The van der Waals surface area contributed by atoms with Gasteiger partial charge in [0.05, 0.1) is 11.3 Å². The first-order chi connectivity index (χ1) is 13.5. The fourth-order valence-electron chi connectivity index (χ4n) is 3.27. The summed E-state index contributed by atoms with van der Waals surface area (Å²) >= 11 is 7.51. The maximum absolute atomic E-state index is 12.9. The van der Waals surface area contributed by atoms with Crippen LogP contribution >= 0.6 is 23.4 Å². The van der Waals surface area contributed by atoms with E-state index in [1.54, 1.807) is 11.8 Å². The molecule has 0 aliphatic carbocycles. The molecular formula is C22H28ClN3OS. The molecule has 0 radical (unpaired) electrons. The number of likely N-dealkylation sites (N-methyl/N-ethyl adjacent to an activating group) is 1. The largest absolute Gasteiger partial charge is 0.347 e. The zero-order chi connectivity index (χ0) is 19.9. The molecule has 1 heterocycles. The Hall–Kier alpha value is -1.53. The Kier molecular flexibility index (Phi) is 7.80. The van der Waals surface area contributed by atoms with Crippen LogP contribution in [-0.4, -0.2) is 60.7 Å². The van der Waals surface area contributed by atoms with E-state index in [-0.39, 0.29) is 17.2 Å². The molecule has 6 heteroatoms. The maximum atomic E-state index is 12.9. The lowest BCUT2D eigenvalue weighted by atomic mass is 10.1. The first-order valence-corrected chi connectivity index (χ1v) is 11.0. The normalized spacial score (nSPS) is 17.8. The predicted molar refractivity (Wildman–Crippen MR) is 118 cm³/mol. The van der Waals surface area contributed by atoms with Gasteiger partial charge in [-0.1, -0.05) is 41.9 Å². The van der Waals surface area contributed by atoms with Crippen molar-refractivity contribution in [3.8, 4) is 0 Å². The van der Waals surface area contributed by atoms with Crippen LogP contribution in [0.3, 0.4) is 0 Å². The summed E-state index contributed by atoms with van der Waals surface area (Å²) in [6.45, 7) is 6.99. The van der Waals surface area contributed by atoms with Gasteiger partial charge in [-0.2, -0.15) is 0 Å². The number of nitrogens with one attached hydrogen (secondary N) is 1. The van der Waals surface area contributed by atoms with Crippen molar-refractivity contribution in [1.29, 1.82) is 0 Å². The number of rotatable bonds is 7. The standard InChI is InChI=1S/C22H28ClN3OS/c1-17(28-20-10-8-19(23)9-11-20)22(27)24-21(18-6-4-3-5-7-18)16-26-14-12-25(2)13-15-26/h3-11,17,21H,12-16H2,1-2H3,(H,24,27). The zero-order valence-corrected chi connectivity index (χ0v) is 18.0. The van der Waals surface area contributed by atoms with E-state index in [0.717, 1.165) is 43.2 Å². The third-order valence-corrected chi connectivity index (χ3v) is 6.41. The third-order valence-electron chi connectivity index (χ3n) is 5.05. The number of nitrogens with zero attached hydrogens (tertiary/aromatic N) is 2. The molecule has 1 N–H and O–H groups in total. The molecule has 2 unspecified atom stereocenters. The summed E-state index contributed by atoms with van der Waals surface area (Å²) in [5, 5.41) is 3.81. The number of piperazine rings is 1. The Bertz CT molecular complexity index is 748. The summed E-state index contributed by atoms with van der Waals surface area (Å²) in [7, 11) is 2.16. The molecule has 0 saturated carbocycles. The Morgan fingerprint density at radius 3 is 2.36 bits per heavy atom. The van der Waals surface area contributed by atoms with E-state index in [0.29, 0.717) is 5.02 Å². The molecule has 3 rings (SSSR count). The minimum atomic E-state index is -0.181. The van der Waals surface area contributed by atoms with Crippen molar-refractivity contribution in [3.63, 3.8) is 0 Å². The smallest absolute Gasteiger partial charge is 0.233 e. The molecule has 1 saturated heterocycles. The molecule has 1 fully saturated rings. The number of thioether (sulfide) groups is 1. The number of amides is 1. The third kappa shape index (κ3) is 6.24. The van der Waals surface area contributed by atoms with Gasteiger partial charge in [-0.3, -0.25) is 9.69 Å². The highest BCUT2D eigenvalue weighted by Crippen LogP contribution is 2.25. The average molecular weight is 418 g/mol. The monoisotopic (exact) mass is 417 g/mol. The van der Waals surface area contributed by atoms with E-state index in [9.17, 15) is 4.79 Å². The Morgan fingerprint density at radius 1 is 1.07 bits per heavy atom. The predicted octanol–water partition coefficient (Wildman–Crippen LogP) is 3.93. The molecule has 1 amide bonds. The first-order valence-electron chi connectivity index (χ1n) is 9.69. The summed E-state index contributed by atoms with van der Waals surface area (Å²) in [5.41, 5.74) is 1.15. The highest BCUT2D eigenvalue weighted by atomic mass is 35.5. The lowest BCUT2D eigenvalue weighted by Crippen LogP contribution is -2.48. The average Bonchev–Trinajstić information content (AvgIpc) is 2.71. The van der Waals surface area contributed by atoms with E-state index in [4.69, 9.17) is 11.6 Å². The van der Waals surface area contributed by atoms with Crippen molar-refractivity contribution in [2.75, 3.05) is 39.8 Å². The van der Waals surface area contributed by atoms with E-state index < -0.39 is 0 Å². The second kappa shape index (κ2) is 10.3. The molecule has 28 heavy (non-hydrogen) atoms. The molecule has 1 aliphatic rings. The van der Waals surface area contributed by atoms with Crippen LogP contribution in [0.5, 0.6) is 0 Å². The van der Waals surface area contributed by atoms with Crippen LogP contribution in [0.4, 0.5) is 0 Å². The van der Waals surface area contributed by atoms with Gasteiger partial charge in [0.2, 0.25) is 5.91 Å². The van der Waals surface area contributed by atoms with Crippen molar-refractivity contribution in [1.82, 2.24) is 15.1 Å². The molecule has 150 valence electrons. The maximum Gasteiger partial charge on any atom is 0.233 e. The second-order valence-electron chi connectivity index (χ2n) is 7.29. The van der Waals surface area contributed by atoms with E-state index in [2.05, 4.69) is 34.3 Å². The van der Waals surface area contributed by atoms with Crippen molar-refractivity contribution < 1.29 is 4.79 Å². The summed E-state index contributed by atoms with van der Waals surface area (Å²) in [6, 6.07) is 17.9. The highest BCUT2D eigenvalue weighted by molar-refractivity contribution is 8.00. The van der Waals surface area contributed by atoms with Gasteiger partial charge in [-0.25, -0.2) is 0 Å². The van der Waals surface area contributed by atoms with Crippen molar-refractivity contribution in [3.05, 3.63) is 65.2 Å². The lowest BCUT2D eigenvalue weighted by molar-refractivity contribution is -0.121. The van der Waals surface area contributed by atoms with Crippen molar-refractivity contribution in [2.24, 2.45) is 0 Å². The van der Waals surface area contributed by atoms with Crippen molar-refractivity contribution in [2.45, 2.75) is 23.1 Å². The number of carbonyl (C=O) groups is 1. The van der Waals surface area contributed by atoms with Crippen LogP contribution in [-0.2, 0) is 4.79 Å². The molecule has 1 aliphatic heterocycles. The van der Waals surface area contributed by atoms with Gasteiger partial charge >= 0.3 is 0 Å². The summed E-state index contributed by atoms with van der Waals surface area (Å²) < 4.78 is 0. The fraction of sp³-hybridized carbons (Fsp3) is 0.409. The summed E-state index contributed by atoms with van der Waals surface area (Å²) in [5.74, 6) is 0.0583. The van der Waals surface area contributed by atoms with Gasteiger partial charge in [-0.15, -0.1) is 11.8 Å². The van der Waals surface area contributed by atoms with Crippen LogP contribution in [0.2, 0.25) is 5.02 Å². The number of hydrogen-bond donors (Lipinski definition) is 1. The molecule has 2 aromatic rings. The molecule has 0 aromatic heterocycles. The minimum Gasteiger partial charge on any atom is -0.347 e. The van der Waals surface area contributed by atoms with Gasteiger partial charge in [0, 0.05) is 42.6 Å². The molecule has 0 bridgehead atoms. The number of hydrogen-bond acceptors (Lipinski definition) is 4. The molecule has 4 nitrogen and oxygen atoms in total. The topological polar surface area (TPSA) is 35.6 Å². The zero-order valence-electron chi connectivity index (χ0n) is 16.5. The van der Waals surface area contributed by atoms with Crippen LogP contribution < -0.4 is 5.32 Å². The second-order valence-corrected chi connectivity index (χ2v) is 9.14. The SMILES string of the molecule is CC(Sc1ccc(Cl)cc1)C(=O)NC(CN1CCN(C)CC1)c1ccccc1. The number of benzene rings is 2. The van der Waals surface area contributed by atoms with Gasteiger partial charge < -0.3 is 10.2 Å². The summed E-state index contributed by atoms with van der Waals surface area (Å²) in [6.07, 6.45) is 0. The van der Waals surface area contributed by atoms with Gasteiger partial charge in [0.25, 0.3) is 0 Å². The van der Waals surface area contributed by atoms with Crippen LogP contribution in [0.25, 0.3) is 0 Å². The summed E-state index contributed by atoms with van der Waals surface area (Å²) in [4.78, 5) is 18.7. The number of halogens is 1. The molecule has 2 atom stereocenters. The van der Waals surface area contributed by atoms with E-state index in [1.807, 2.05) is 49.4 Å². The van der Waals surface area contributed by atoms with Gasteiger partial charge in [0.1, 0.15) is 0 Å². The molecule has 0 spiro atoms. The van der Waals surface area contributed by atoms with Crippen LogP contribution in [0, 0.1) is 0 Å². The Balaban J connectivity index is 1.64.